The van der Waals surface area contributed by atoms with Crippen molar-refractivity contribution in [2.24, 2.45) is 5.41 Å². The lowest BCUT2D eigenvalue weighted by Gasteiger charge is -2.29. The Morgan fingerprint density at radius 1 is 1.00 bits per heavy atom. The molecule has 0 spiro atoms. The second-order valence-corrected chi connectivity index (χ2v) is 6.70. The minimum Gasteiger partial charge on any atom is -0.371 e. The van der Waals surface area contributed by atoms with Gasteiger partial charge in [-0.1, -0.05) is 59.8 Å². The van der Waals surface area contributed by atoms with Crippen LogP contribution in [0, 0.1) is 5.41 Å². The van der Waals surface area contributed by atoms with Gasteiger partial charge >= 0.3 is 0 Å². The van der Waals surface area contributed by atoms with Crippen LogP contribution in [0.25, 0.3) is 0 Å². The number of hydrogen-bond donors (Lipinski definition) is 1. The smallest absolute Gasteiger partial charge is 0.227 e. The van der Waals surface area contributed by atoms with Gasteiger partial charge in [-0.2, -0.15) is 0 Å². The van der Waals surface area contributed by atoms with E-state index in [-0.39, 0.29) is 18.1 Å². The Bertz CT molecular complexity index is 261. The van der Waals surface area contributed by atoms with Gasteiger partial charge in [0.1, 0.15) is 6.79 Å². The summed E-state index contributed by atoms with van der Waals surface area (Å²) in [5.74, 6) is 0.208. The normalized spacial score (nSPS) is 11.7. The summed E-state index contributed by atoms with van der Waals surface area (Å²) >= 11 is 0. The van der Waals surface area contributed by atoms with Crippen molar-refractivity contribution < 1.29 is 14.6 Å². The molecule has 0 aliphatic heterocycles. The van der Waals surface area contributed by atoms with Crippen LogP contribution < -0.4 is 0 Å². The fourth-order valence-corrected chi connectivity index (χ4v) is 2.29. The Kier molecular flexibility index (Phi) is 11.6. The molecular formula is C17H35NO3. The van der Waals surface area contributed by atoms with Crippen molar-refractivity contribution in [2.75, 3.05) is 26.5 Å². The van der Waals surface area contributed by atoms with Crippen LogP contribution in [0.2, 0.25) is 0 Å². The van der Waals surface area contributed by atoms with Gasteiger partial charge in [-0.15, -0.1) is 0 Å². The first kappa shape index (κ1) is 20.4. The third-order valence-electron chi connectivity index (χ3n) is 3.52. The zero-order chi connectivity index (χ0) is 16.1. The lowest BCUT2D eigenvalue weighted by atomic mass is 9.94. The summed E-state index contributed by atoms with van der Waals surface area (Å²) in [6.07, 6.45) is 8.18. The molecule has 0 radical (unpaired) electrons. The maximum Gasteiger partial charge on any atom is 0.227 e. The highest BCUT2D eigenvalue weighted by atomic mass is 16.6. The fourth-order valence-electron chi connectivity index (χ4n) is 2.29. The number of hydrogen-bond acceptors (Lipinski definition) is 3. The Morgan fingerprint density at radius 3 is 2.14 bits per heavy atom. The van der Waals surface area contributed by atoms with Gasteiger partial charge in [-0.05, 0) is 12.8 Å². The Morgan fingerprint density at radius 2 is 1.57 bits per heavy atom. The second-order valence-electron chi connectivity index (χ2n) is 6.70. The van der Waals surface area contributed by atoms with Gasteiger partial charge < -0.3 is 14.7 Å². The molecule has 0 fully saturated rings. The first-order valence-electron chi connectivity index (χ1n) is 8.41. The lowest BCUT2D eigenvalue weighted by Crippen LogP contribution is -2.41. The fraction of sp³-hybridized carbons (Fsp3) is 0.941. The van der Waals surface area contributed by atoms with Gasteiger partial charge in [0, 0.05) is 18.5 Å². The first-order chi connectivity index (χ1) is 9.93. The van der Waals surface area contributed by atoms with Gasteiger partial charge in [0.2, 0.25) is 5.91 Å². The van der Waals surface area contributed by atoms with Gasteiger partial charge in [-0.25, -0.2) is 0 Å². The van der Waals surface area contributed by atoms with E-state index in [0.717, 1.165) is 19.4 Å². The van der Waals surface area contributed by atoms with E-state index in [4.69, 9.17) is 9.84 Å². The molecule has 0 saturated heterocycles. The van der Waals surface area contributed by atoms with E-state index in [1.165, 1.54) is 32.1 Å². The second kappa shape index (κ2) is 12.0. The van der Waals surface area contributed by atoms with E-state index in [2.05, 4.69) is 6.92 Å². The molecule has 0 rings (SSSR count). The zero-order valence-corrected chi connectivity index (χ0v) is 14.5. The molecule has 0 bridgehead atoms. The molecule has 21 heavy (non-hydrogen) atoms. The van der Waals surface area contributed by atoms with Gasteiger partial charge in [0.15, 0.2) is 0 Å². The van der Waals surface area contributed by atoms with E-state index in [9.17, 15) is 4.79 Å². The average Bonchev–Trinajstić information content (AvgIpc) is 2.43. The number of rotatable bonds is 12. The van der Waals surface area contributed by atoms with E-state index in [0.29, 0.717) is 13.2 Å². The number of aliphatic hydroxyl groups excluding tert-OH is 1. The number of amides is 1. The van der Waals surface area contributed by atoms with Gasteiger partial charge in [-0.3, -0.25) is 4.79 Å². The number of unbranched alkanes of at least 4 members (excludes halogenated alkanes) is 5. The number of aliphatic hydroxyl groups is 1. The van der Waals surface area contributed by atoms with E-state index < -0.39 is 0 Å². The van der Waals surface area contributed by atoms with E-state index in [1.807, 2.05) is 25.7 Å². The third-order valence-corrected chi connectivity index (χ3v) is 3.52. The van der Waals surface area contributed by atoms with Crippen LogP contribution in [-0.2, 0) is 9.53 Å². The monoisotopic (exact) mass is 301 g/mol. The molecule has 0 unspecified atom stereocenters. The summed E-state index contributed by atoms with van der Waals surface area (Å²) in [4.78, 5) is 14.4. The molecule has 0 aliphatic rings. The van der Waals surface area contributed by atoms with Crippen LogP contribution in [0.3, 0.4) is 0 Å². The summed E-state index contributed by atoms with van der Waals surface area (Å²) in [6.45, 7) is 9.92. The molecule has 1 amide bonds. The molecule has 0 saturated carbocycles. The SMILES string of the molecule is CCCCCCCCN(CCCOCO)C(=O)C(C)(C)C. The van der Waals surface area contributed by atoms with E-state index in [1.54, 1.807) is 0 Å². The summed E-state index contributed by atoms with van der Waals surface area (Å²) in [7, 11) is 0. The molecule has 0 atom stereocenters. The molecule has 0 aromatic heterocycles. The van der Waals surface area contributed by atoms with Crippen molar-refractivity contribution in [2.45, 2.75) is 72.6 Å². The number of nitrogens with zero attached hydrogens (tertiary/aromatic N) is 1. The van der Waals surface area contributed by atoms with Crippen molar-refractivity contribution in [1.29, 1.82) is 0 Å². The molecule has 4 heteroatoms. The topological polar surface area (TPSA) is 49.8 Å². The molecule has 0 aromatic carbocycles. The summed E-state index contributed by atoms with van der Waals surface area (Å²) in [5, 5.41) is 8.61. The molecule has 0 aliphatic carbocycles. The summed E-state index contributed by atoms with van der Waals surface area (Å²) < 4.78 is 4.94. The van der Waals surface area contributed by atoms with Crippen LogP contribution in [0.15, 0.2) is 0 Å². The average molecular weight is 301 g/mol. The Labute approximate surface area is 130 Å². The van der Waals surface area contributed by atoms with Crippen LogP contribution in [0.5, 0.6) is 0 Å². The molecule has 0 heterocycles. The standard InChI is InChI=1S/C17H35NO3/c1-5-6-7-8-9-10-12-18(13-11-14-21-15-19)16(20)17(2,3)4/h19H,5-15H2,1-4H3. The first-order valence-corrected chi connectivity index (χ1v) is 8.41. The molecule has 4 nitrogen and oxygen atoms in total. The maximum absolute atomic E-state index is 12.4. The van der Waals surface area contributed by atoms with Crippen LogP contribution in [0.4, 0.5) is 0 Å². The predicted molar refractivity (Wildman–Crippen MR) is 87.1 cm³/mol. The quantitative estimate of drug-likeness (QED) is 0.443. The van der Waals surface area contributed by atoms with Crippen molar-refractivity contribution in [3.8, 4) is 0 Å². The van der Waals surface area contributed by atoms with Crippen LogP contribution in [0.1, 0.15) is 72.6 Å². The highest BCUT2D eigenvalue weighted by Crippen LogP contribution is 2.18. The summed E-state index contributed by atoms with van der Waals surface area (Å²) in [6, 6.07) is 0. The van der Waals surface area contributed by atoms with Crippen molar-refractivity contribution in [3.05, 3.63) is 0 Å². The molecule has 126 valence electrons. The van der Waals surface area contributed by atoms with Gasteiger partial charge in [0.05, 0.1) is 6.61 Å². The lowest BCUT2D eigenvalue weighted by molar-refractivity contribution is -0.139. The number of carbonyl (C=O) groups excluding carboxylic acids is 1. The highest BCUT2D eigenvalue weighted by Gasteiger charge is 2.26. The molecule has 0 aromatic rings. The van der Waals surface area contributed by atoms with Gasteiger partial charge in [0.25, 0.3) is 0 Å². The van der Waals surface area contributed by atoms with E-state index >= 15 is 0 Å². The summed E-state index contributed by atoms with van der Waals surface area (Å²) in [5.41, 5.74) is -0.333. The number of ether oxygens (including phenoxy) is 1. The van der Waals surface area contributed by atoms with Crippen molar-refractivity contribution in [1.82, 2.24) is 4.90 Å². The molecular weight excluding hydrogens is 266 g/mol. The minimum atomic E-state index is -0.333. The highest BCUT2D eigenvalue weighted by molar-refractivity contribution is 5.81. The van der Waals surface area contributed by atoms with Crippen LogP contribution >= 0.6 is 0 Å². The maximum atomic E-state index is 12.4. The minimum absolute atomic E-state index is 0.208. The van der Waals surface area contributed by atoms with Crippen molar-refractivity contribution in [3.63, 3.8) is 0 Å². The predicted octanol–water partition coefficient (Wildman–Crippen LogP) is 3.58. The molecule has 1 N–H and O–H groups in total. The third kappa shape index (κ3) is 10.7. The number of carbonyl (C=O) groups is 1. The zero-order valence-electron chi connectivity index (χ0n) is 14.5. The largest absolute Gasteiger partial charge is 0.371 e. The van der Waals surface area contributed by atoms with Crippen molar-refractivity contribution >= 4 is 5.91 Å². The Hall–Kier alpha value is -0.610. The van der Waals surface area contributed by atoms with Crippen LogP contribution in [-0.4, -0.2) is 42.4 Å². The Balaban J connectivity index is 4.10.